The number of aliphatic hydroxyl groups excluding tert-OH is 2. The molecule has 1 heterocycles. The van der Waals surface area contributed by atoms with Crippen LogP contribution in [0.4, 0.5) is 0 Å². The molecule has 0 spiro atoms. The number of hydrogen-bond acceptors (Lipinski definition) is 7. The van der Waals surface area contributed by atoms with Gasteiger partial charge < -0.3 is 29.5 Å². The molecule has 5 atom stereocenters. The molecule has 1 saturated heterocycles. The van der Waals surface area contributed by atoms with Crippen LogP contribution in [0, 0.1) is 5.92 Å². The van der Waals surface area contributed by atoms with Crippen LogP contribution >= 0.6 is 0 Å². The van der Waals surface area contributed by atoms with Crippen LogP contribution in [0.25, 0.3) is 0 Å². The number of hydrogen-bond donors (Lipinski definition) is 3. The maximum atomic E-state index is 12.3. The number of esters is 1. The van der Waals surface area contributed by atoms with Gasteiger partial charge in [-0.1, -0.05) is 19.1 Å². The van der Waals surface area contributed by atoms with Crippen LogP contribution in [-0.4, -0.2) is 65.6 Å². The molecule has 1 aromatic rings. The second-order valence-corrected chi connectivity index (χ2v) is 5.53. The molecular formula is C16H20O8. The lowest BCUT2D eigenvalue weighted by atomic mass is 9.91. The zero-order chi connectivity index (χ0) is 17.9. The number of aromatic carboxylic acids is 1. The summed E-state index contributed by atoms with van der Waals surface area (Å²) in [7, 11) is 1.31. The number of benzene rings is 1. The summed E-state index contributed by atoms with van der Waals surface area (Å²) in [4.78, 5) is 23.5. The highest BCUT2D eigenvalue weighted by molar-refractivity contribution is 6.02. The summed E-state index contributed by atoms with van der Waals surface area (Å²) in [6, 6.07) is 5.61. The molecule has 0 amide bonds. The lowest BCUT2D eigenvalue weighted by Gasteiger charge is -2.41. The SMILES string of the molecule is COC1OC(CO)C(C)C(O)C1OC(=O)c1ccccc1C(=O)O. The van der Waals surface area contributed by atoms with Crippen molar-refractivity contribution in [2.45, 2.75) is 31.5 Å². The summed E-state index contributed by atoms with van der Waals surface area (Å²) in [5.74, 6) is -2.67. The first-order valence-corrected chi connectivity index (χ1v) is 7.41. The summed E-state index contributed by atoms with van der Waals surface area (Å²) in [6.07, 6.45) is -4.02. The molecule has 3 N–H and O–H groups in total. The van der Waals surface area contributed by atoms with Crippen molar-refractivity contribution in [3.63, 3.8) is 0 Å². The molecule has 1 fully saturated rings. The van der Waals surface area contributed by atoms with Gasteiger partial charge in [0.05, 0.1) is 23.8 Å². The summed E-state index contributed by atoms with van der Waals surface area (Å²) in [5, 5.41) is 28.8. The second-order valence-electron chi connectivity index (χ2n) is 5.53. The number of carbonyl (C=O) groups is 2. The van der Waals surface area contributed by atoms with Gasteiger partial charge >= 0.3 is 11.9 Å². The Balaban J connectivity index is 2.22. The molecule has 8 nitrogen and oxygen atoms in total. The quantitative estimate of drug-likeness (QED) is 0.653. The Bertz CT molecular complexity index is 599. The Labute approximate surface area is 138 Å². The number of methoxy groups -OCH3 is 1. The lowest BCUT2D eigenvalue weighted by molar-refractivity contribution is -0.279. The maximum Gasteiger partial charge on any atom is 0.339 e. The van der Waals surface area contributed by atoms with E-state index in [1.807, 2.05) is 0 Å². The fraction of sp³-hybridized carbons (Fsp3) is 0.500. The van der Waals surface area contributed by atoms with Crippen LogP contribution in [0.3, 0.4) is 0 Å². The van der Waals surface area contributed by atoms with E-state index in [0.717, 1.165) is 0 Å². The van der Waals surface area contributed by atoms with Gasteiger partial charge in [-0.05, 0) is 12.1 Å². The van der Waals surface area contributed by atoms with E-state index in [1.54, 1.807) is 6.92 Å². The van der Waals surface area contributed by atoms with E-state index in [9.17, 15) is 19.8 Å². The Morgan fingerprint density at radius 1 is 1.25 bits per heavy atom. The van der Waals surface area contributed by atoms with Crippen LogP contribution < -0.4 is 0 Å². The van der Waals surface area contributed by atoms with Crippen molar-refractivity contribution in [1.29, 1.82) is 0 Å². The molecule has 1 aliphatic heterocycles. The van der Waals surface area contributed by atoms with E-state index in [0.29, 0.717) is 0 Å². The predicted molar refractivity (Wildman–Crippen MR) is 80.5 cm³/mol. The van der Waals surface area contributed by atoms with Crippen molar-refractivity contribution in [2.75, 3.05) is 13.7 Å². The van der Waals surface area contributed by atoms with Gasteiger partial charge in [-0.3, -0.25) is 0 Å². The van der Waals surface area contributed by atoms with Crippen LogP contribution in [0.5, 0.6) is 0 Å². The largest absolute Gasteiger partial charge is 0.478 e. The number of carboxylic acids is 1. The van der Waals surface area contributed by atoms with Crippen LogP contribution in [-0.2, 0) is 14.2 Å². The summed E-state index contributed by atoms with van der Waals surface area (Å²) in [5.41, 5.74) is -0.340. The number of rotatable bonds is 5. The molecule has 0 aromatic heterocycles. The minimum absolute atomic E-state index is 0.135. The third-order valence-corrected chi connectivity index (χ3v) is 4.07. The van der Waals surface area contributed by atoms with E-state index in [4.69, 9.17) is 19.3 Å². The second kappa shape index (κ2) is 7.71. The van der Waals surface area contributed by atoms with Gasteiger partial charge in [-0.25, -0.2) is 9.59 Å². The van der Waals surface area contributed by atoms with Crippen molar-refractivity contribution < 1.29 is 39.1 Å². The van der Waals surface area contributed by atoms with E-state index in [-0.39, 0.29) is 17.7 Å². The van der Waals surface area contributed by atoms with Gasteiger partial charge in [0.25, 0.3) is 0 Å². The minimum atomic E-state index is -1.26. The van der Waals surface area contributed by atoms with Gasteiger partial charge in [-0.2, -0.15) is 0 Å². The highest BCUT2D eigenvalue weighted by atomic mass is 16.7. The van der Waals surface area contributed by atoms with Gasteiger partial charge in [-0.15, -0.1) is 0 Å². The first-order valence-electron chi connectivity index (χ1n) is 7.41. The van der Waals surface area contributed by atoms with E-state index in [1.165, 1.54) is 31.4 Å². The normalized spacial score (nSPS) is 29.9. The first-order chi connectivity index (χ1) is 11.4. The molecule has 0 bridgehead atoms. The zero-order valence-corrected chi connectivity index (χ0v) is 13.3. The number of aliphatic hydroxyl groups is 2. The molecule has 1 aromatic carbocycles. The monoisotopic (exact) mass is 340 g/mol. The molecular weight excluding hydrogens is 320 g/mol. The number of ether oxygens (including phenoxy) is 3. The molecule has 8 heteroatoms. The first kappa shape index (κ1) is 18.3. The van der Waals surface area contributed by atoms with E-state index in [2.05, 4.69) is 0 Å². The molecule has 0 radical (unpaired) electrons. The molecule has 0 saturated carbocycles. The summed E-state index contributed by atoms with van der Waals surface area (Å²) in [6.45, 7) is 1.32. The Hall–Kier alpha value is -2.00. The van der Waals surface area contributed by atoms with Gasteiger partial charge in [0, 0.05) is 13.0 Å². The van der Waals surface area contributed by atoms with Crippen molar-refractivity contribution in [3.05, 3.63) is 35.4 Å². The smallest absolute Gasteiger partial charge is 0.339 e. The molecule has 2 rings (SSSR count). The average Bonchev–Trinajstić information content (AvgIpc) is 2.59. The molecule has 132 valence electrons. The average molecular weight is 340 g/mol. The summed E-state index contributed by atoms with van der Waals surface area (Å²) < 4.78 is 15.8. The summed E-state index contributed by atoms with van der Waals surface area (Å²) >= 11 is 0. The third kappa shape index (κ3) is 3.57. The van der Waals surface area contributed by atoms with Crippen molar-refractivity contribution in [3.8, 4) is 0 Å². The van der Waals surface area contributed by atoms with Gasteiger partial charge in [0.1, 0.15) is 6.10 Å². The highest BCUT2D eigenvalue weighted by Gasteiger charge is 2.45. The van der Waals surface area contributed by atoms with Crippen LogP contribution in [0.1, 0.15) is 27.6 Å². The zero-order valence-electron chi connectivity index (χ0n) is 13.3. The number of carboxylic acid groups (broad SMARTS) is 1. The fourth-order valence-corrected chi connectivity index (χ4v) is 2.61. The molecule has 1 aliphatic rings. The Morgan fingerprint density at radius 2 is 1.88 bits per heavy atom. The van der Waals surface area contributed by atoms with Gasteiger partial charge in [0.2, 0.25) is 0 Å². The Morgan fingerprint density at radius 3 is 2.42 bits per heavy atom. The standard InChI is InChI=1S/C16H20O8/c1-8-11(7-17)23-16(22-2)13(12(8)18)24-15(21)10-6-4-3-5-9(10)14(19)20/h3-6,8,11-13,16-18H,7H2,1-2H3,(H,19,20). The van der Waals surface area contributed by atoms with Gasteiger partial charge in [0.15, 0.2) is 12.4 Å². The van der Waals surface area contributed by atoms with Crippen molar-refractivity contribution in [1.82, 2.24) is 0 Å². The topological polar surface area (TPSA) is 123 Å². The third-order valence-electron chi connectivity index (χ3n) is 4.07. The Kier molecular flexibility index (Phi) is 5.89. The van der Waals surface area contributed by atoms with Crippen LogP contribution in [0.2, 0.25) is 0 Å². The molecule has 5 unspecified atom stereocenters. The van der Waals surface area contributed by atoms with Crippen molar-refractivity contribution in [2.24, 2.45) is 5.92 Å². The predicted octanol–water partition coefficient (Wildman–Crippen LogP) is 0.271. The minimum Gasteiger partial charge on any atom is -0.478 e. The maximum absolute atomic E-state index is 12.3. The van der Waals surface area contributed by atoms with Crippen molar-refractivity contribution >= 4 is 11.9 Å². The highest BCUT2D eigenvalue weighted by Crippen LogP contribution is 2.29. The number of carbonyl (C=O) groups excluding carboxylic acids is 1. The van der Waals surface area contributed by atoms with E-state index >= 15 is 0 Å². The van der Waals surface area contributed by atoms with Crippen LogP contribution in [0.15, 0.2) is 24.3 Å². The van der Waals surface area contributed by atoms with E-state index < -0.39 is 42.5 Å². The fourth-order valence-electron chi connectivity index (χ4n) is 2.61. The lowest BCUT2D eigenvalue weighted by Crippen LogP contribution is -2.56. The molecule has 0 aliphatic carbocycles. The molecule has 24 heavy (non-hydrogen) atoms.